The normalized spacial score (nSPS) is 20.3. The van der Waals surface area contributed by atoms with Crippen molar-refractivity contribution in [2.24, 2.45) is 5.92 Å². The number of carbonyl (C=O) groups excluding carboxylic acids is 1. The molecule has 1 N–H and O–H groups in total. The molecule has 1 amide bonds. The molecule has 25 heavy (non-hydrogen) atoms. The Labute approximate surface area is 144 Å². The number of nitrogens with zero attached hydrogens (tertiary/aromatic N) is 5. The molecule has 0 aliphatic carbocycles. The van der Waals surface area contributed by atoms with Crippen LogP contribution in [0.5, 0.6) is 0 Å². The highest BCUT2D eigenvalue weighted by atomic mass is 16.3. The number of aliphatic hydroxyl groups excluding tert-OH is 1. The third kappa shape index (κ3) is 3.36. The van der Waals surface area contributed by atoms with Gasteiger partial charge in [0.1, 0.15) is 0 Å². The SMILES string of the molecule is O=C(Cc1nc2ncccn2n1)N1C[C@@H](Cc2ccccc2)[C@H](O)C1. The third-order valence-electron chi connectivity index (χ3n) is 4.57. The van der Waals surface area contributed by atoms with Crippen LogP contribution >= 0.6 is 0 Å². The van der Waals surface area contributed by atoms with Crippen LogP contribution in [0.3, 0.4) is 0 Å². The summed E-state index contributed by atoms with van der Waals surface area (Å²) < 4.78 is 1.56. The van der Waals surface area contributed by atoms with Gasteiger partial charge in [-0.3, -0.25) is 4.79 Å². The maximum absolute atomic E-state index is 12.5. The molecule has 4 rings (SSSR count). The summed E-state index contributed by atoms with van der Waals surface area (Å²) in [6.45, 7) is 0.919. The first kappa shape index (κ1) is 15.7. The molecular formula is C18H19N5O2. The standard InChI is InChI=1S/C18H19N5O2/c24-15-12-22(11-14(15)9-13-5-2-1-3-6-13)17(25)10-16-20-18-19-7-4-8-23(18)21-16/h1-8,14-15,24H,9-12H2/t14-,15-/m1/s1. The highest BCUT2D eigenvalue weighted by Gasteiger charge is 2.34. The van der Waals surface area contributed by atoms with E-state index >= 15 is 0 Å². The van der Waals surface area contributed by atoms with E-state index in [1.165, 1.54) is 5.56 Å². The second-order valence-corrected chi connectivity index (χ2v) is 6.38. The van der Waals surface area contributed by atoms with Crippen molar-refractivity contribution in [3.05, 3.63) is 60.2 Å². The van der Waals surface area contributed by atoms with Gasteiger partial charge in [-0.1, -0.05) is 30.3 Å². The largest absolute Gasteiger partial charge is 0.391 e. The fraction of sp³-hybridized carbons (Fsp3) is 0.333. The molecule has 0 unspecified atom stereocenters. The van der Waals surface area contributed by atoms with Crippen molar-refractivity contribution < 1.29 is 9.90 Å². The zero-order valence-electron chi connectivity index (χ0n) is 13.7. The Morgan fingerprint density at radius 1 is 1.20 bits per heavy atom. The summed E-state index contributed by atoms with van der Waals surface area (Å²) in [4.78, 5) is 22.6. The van der Waals surface area contributed by atoms with Crippen LogP contribution in [0.4, 0.5) is 0 Å². The maximum Gasteiger partial charge on any atom is 0.252 e. The van der Waals surface area contributed by atoms with Crippen molar-refractivity contribution in [2.45, 2.75) is 18.9 Å². The average Bonchev–Trinajstić information content (AvgIpc) is 3.19. The summed E-state index contributed by atoms with van der Waals surface area (Å²) in [5.74, 6) is 0.922. The molecular weight excluding hydrogens is 318 g/mol. The zero-order valence-corrected chi connectivity index (χ0v) is 13.7. The van der Waals surface area contributed by atoms with Gasteiger partial charge in [-0.05, 0) is 18.1 Å². The second-order valence-electron chi connectivity index (χ2n) is 6.38. The van der Waals surface area contributed by atoms with Crippen LogP contribution in [0.1, 0.15) is 11.4 Å². The van der Waals surface area contributed by atoms with E-state index in [1.54, 1.807) is 27.9 Å². The van der Waals surface area contributed by atoms with Gasteiger partial charge in [-0.2, -0.15) is 4.98 Å². The molecule has 1 saturated heterocycles. The van der Waals surface area contributed by atoms with E-state index in [0.717, 1.165) is 6.42 Å². The quantitative estimate of drug-likeness (QED) is 0.759. The van der Waals surface area contributed by atoms with E-state index in [1.807, 2.05) is 30.3 Å². The lowest BCUT2D eigenvalue weighted by molar-refractivity contribution is -0.129. The first-order valence-electron chi connectivity index (χ1n) is 8.35. The fourth-order valence-electron chi connectivity index (χ4n) is 3.27. The molecule has 0 radical (unpaired) electrons. The van der Waals surface area contributed by atoms with Crippen molar-refractivity contribution in [2.75, 3.05) is 13.1 Å². The predicted octanol–water partition coefficient (Wildman–Crippen LogP) is 0.729. The van der Waals surface area contributed by atoms with Crippen LogP contribution in [0, 0.1) is 5.92 Å². The molecule has 3 aromatic rings. The Bertz CT molecular complexity index is 846. The van der Waals surface area contributed by atoms with Crippen LogP contribution in [0.2, 0.25) is 0 Å². The van der Waals surface area contributed by atoms with Gasteiger partial charge < -0.3 is 10.0 Å². The van der Waals surface area contributed by atoms with Crippen molar-refractivity contribution >= 4 is 11.7 Å². The first-order chi connectivity index (χ1) is 12.2. The molecule has 7 heteroatoms. The molecule has 1 aromatic carbocycles. The molecule has 2 atom stereocenters. The topological polar surface area (TPSA) is 83.6 Å². The maximum atomic E-state index is 12.5. The van der Waals surface area contributed by atoms with E-state index < -0.39 is 6.10 Å². The molecule has 1 aliphatic heterocycles. The highest BCUT2D eigenvalue weighted by Crippen LogP contribution is 2.22. The minimum Gasteiger partial charge on any atom is -0.391 e. The lowest BCUT2D eigenvalue weighted by Crippen LogP contribution is -2.31. The minimum atomic E-state index is -0.500. The van der Waals surface area contributed by atoms with Gasteiger partial charge in [0.2, 0.25) is 5.91 Å². The molecule has 128 valence electrons. The van der Waals surface area contributed by atoms with Gasteiger partial charge in [0.05, 0.1) is 12.5 Å². The number of amides is 1. The van der Waals surface area contributed by atoms with Crippen LogP contribution in [0.25, 0.3) is 5.78 Å². The Morgan fingerprint density at radius 2 is 2.04 bits per heavy atom. The van der Waals surface area contributed by atoms with Gasteiger partial charge in [0, 0.05) is 31.4 Å². The summed E-state index contributed by atoms with van der Waals surface area (Å²) in [5.41, 5.74) is 1.17. The van der Waals surface area contributed by atoms with E-state index in [-0.39, 0.29) is 18.2 Å². The number of hydrogen-bond acceptors (Lipinski definition) is 5. The van der Waals surface area contributed by atoms with Crippen LogP contribution < -0.4 is 0 Å². The number of likely N-dealkylation sites (tertiary alicyclic amines) is 1. The molecule has 0 bridgehead atoms. The van der Waals surface area contributed by atoms with Gasteiger partial charge in [-0.15, -0.1) is 5.10 Å². The Morgan fingerprint density at radius 3 is 2.84 bits per heavy atom. The number of β-amino-alcohol motifs (C(OH)–C–C–N with tert-alkyl or cyclic N) is 1. The Kier molecular flexibility index (Phi) is 4.15. The molecule has 0 spiro atoms. The van der Waals surface area contributed by atoms with Gasteiger partial charge >= 0.3 is 0 Å². The van der Waals surface area contributed by atoms with Gasteiger partial charge in [0.15, 0.2) is 5.82 Å². The first-order valence-corrected chi connectivity index (χ1v) is 8.35. The van der Waals surface area contributed by atoms with E-state index in [2.05, 4.69) is 15.1 Å². The third-order valence-corrected chi connectivity index (χ3v) is 4.57. The zero-order chi connectivity index (χ0) is 17.2. The molecule has 2 aromatic heterocycles. The number of fused-ring (bicyclic) bond motifs is 1. The Hall–Kier alpha value is -2.80. The second kappa shape index (κ2) is 6.60. The number of aromatic nitrogens is 4. The highest BCUT2D eigenvalue weighted by molar-refractivity contribution is 5.78. The molecule has 1 fully saturated rings. The van der Waals surface area contributed by atoms with Crippen LogP contribution in [-0.2, 0) is 17.6 Å². The number of aliphatic hydroxyl groups is 1. The average molecular weight is 337 g/mol. The van der Waals surface area contributed by atoms with E-state index in [4.69, 9.17) is 0 Å². The van der Waals surface area contributed by atoms with Gasteiger partial charge in [0.25, 0.3) is 5.78 Å². The minimum absolute atomic E-state index is 0.0574. The monoisotopic (exact) mass is 337 g/mol. The molecule has 1 aliphatic rings. The molecule has 7 nitrogen and oxygen atoms in total. The molecule has 0 saturated carbocycles. The molecule has 3 heterocycles. The van der Waals surface area contributed by atoms with Gasteiger partial charge in [-0.25, -0.2) is 9.50 Å². The van der Waals surface area contributed by atoms with Crippen molar-refractivity contribution in [1.82, 2.24) is 24.5 Å². The van der Waals surface area contributed by atoms with Crippen molar-refractivity contribution in [1.29, 1.82) is 0 Å². The summed E-state index contributed by atoms with van der Waals surface area (Å²) in [7, 11) is 0. The number of rotatable bonds is 4. The summed E-state index contributed by atoms with van der Waals surface area (Å²) in [5, 5.41) is 14.6. The Balaban J connectivity index is 1.40. The fourth-order valence-corrected chi connectivity index (χ4v) is 3.27. The van der Waals surface area contributed by atoms with Crippen molar-refractivity contribution in [3.8, 4) is 0 Å². The van der Waals surface area contributed by atoms with Crippen molar-refractivity contribution in [3.63, 3.8) is 0 Å². The lowest BCUT2D eigenvalue weighted by atomic mass is 9.97. The van der Waals surface area contributed by atoms with Crippen LogP contribution in [-0.4, -0.2) is 54.7 Å². The van der Waals surface area contributed by atoms with E-state index in [9.17, 15) is 9.90 Å². The smallest absolute Gasteiger partial charge is 0.252 e. The number of hydrogen-bond donors (Lipinski definition) is 1. The summed E-state index contributed by atoms with van der Waals surface area (Å²) in [6.07, 6.45) is 3.77. The number of carbonyl (C=O) groups is 1. The van der Waals surface area contributed by atoms with E-state index in [0.29, 0.717) is 24.7 Å². The lowest BCUT2D eigenvalue weighted by Gasteiger charge is -2.15. The summed E-state index contributed by atoms with van der Waals surface area (Å²) in [6, 6.07) is 11.8. The van der Waals surface area contributed by atoms with Crippen LogP contribution in [0.15, 0.2) is 48.8 Å². The number of benzene rings is 1. The summed E-state index contributed by atoms with van der Waals surface area (Å²) >= 11 is 0. The predicted molar refractivity (Wildman–Crippen MR) is 90.7 cm³/mol.